The first kappa shape index (κ1) is 26.4. The number of primary amides is 1. The highest BCUT2D eigenvalue weighted by Crippen LogP contribution is 2.32. The summed E-state index contributed by atoms with van der Waals surface area (Å²) in [5.41, 5.74) is 11.1. The van der Waals surface area contributed by atoms with Crippen LogP contribution in [0.25, 0.3) is 0 Å². The molecular formula is C21H38N8O4S. The lowest BCUT2D eigenvalue weighted by atomic mass is 10.0. The predicted octanol–water partition coefficient (Wildman–Crippen LogP) is -0.634. The van der Waals surface area contributed by atoms with Gasteiger partial charge in [-0.1, -0.05) is 6.42 Å². The van der Waals surface area contributed by atoms with Crippen molar-refractivity contribution in [3.63, 3.8) is 0 Å². The monoisotopic (exact) mass is 498 g/mol. The average Bonchev–Trinajstić information content (AvgIpc) is 3.24. The molecule has 9 N–H and O–H groups in total. The fraction of sp³-hybridized carbons (Fsp3) is 0.810. The van der Waals surface area contributed by atoms with Gasteiger partial charge in [0.15, 0.2) is 0 Å². The molecule has 12 nitrogen and oxygen atoms in total. The van der Waals surface area contributed by atoms with Crippen molar-refractivity contribution >= 4 is 35.6 Å². The summed E-state index contributed by atoms with van der Waals surface area (Å²) in [6, 6.07) is -1.09. The van der Waals surface area contributed by atoms with Gasteiger partial charge in [0.1, 0.15) is 6.04 Å². The van der Waals surface area contributed by atoms with E-state index in [0.717, 1.165) is 31.4 Å². The first-order valence-corrected chi connectivity index (χ1v) is 13.1. The molecule has 0 radical (unpaired) electrons. The second-order valence-corrected chi connectivity index (χ2v) is 10.7. The second-order valence-electron chi connectivity index (χ2n) is 9.40. The summed E-state index contributed by atoms with van der Waals surface area (Å²) in [6.07, 6.45) is 5.72. The zero-order valence-electron chi connectivity index (χ0n) is 19.7. The largest absolute Gasteiger partial charge is 0.356 e. The SMILES string of the molecule is CC1(CCC(=O)NCCCCC(NC(N)=O)C(=O)NCCCCC2SCC3NC(=O)NC32)NN1. The number of rotatable bonds is 15. The zero-order valence-corrected chi connectivity index (χ0v) is 20.5. The Labute approximate surface area is 204 Å². The summed E-state index contributed by atoms with van der Waals surface area (Å²) < 4.78 is 0. The van der Waals surface area contributed by atoms with E-state index in [-0.39, 0.29) is 35.6 Å². The molecule has 3 heterocycles. The van der Waals surface area contributed by atoms with E-state index in [1.807, 2.05) is 18.7 Å². The molecule has 34 heavy (non-hydrogen) atoms. The Balaban J connectivity index is 1.24. The van der Waals surface area contributed by atoms with Crippen molar-refractivity contribution < 1.29 is 19.2 Å². The van der Waals surface area contributed by atoms with Crippen LogP contribution in [0.5, 0.6) is 0 Å². The van der Waals surface area contributed by atoms with Gasteiger partial charge in [-0.15, -0.1) is 0 Å². The minimum absolute atomic E-state index is 0.000576. The van der Waals surface area contributed by atoms with Crippen molar-refractivity contribution in [1.29, 1.82) is 0 Å². The maximum absolute atomic E-state index is 12.5. The van der Waals surface area contributed by atoms with E-state index in [2.05, 4.69) is 37.4 Å². The molecule has 0 spiro atoms. The highest BCUT2D eigenvalue weighted by molar-refractivity contribution is 8.00. The fourth-order valence-electron chi connectivity index (χ4n) is 4.27. The van der Waals surface area contributed by atoms with Crippen LogP contribution < -0.4 is 43.2 Å². The molecule has 3 rings (SSSR count). The number of hydrazine groups is 1. The Morgan fingerprint density at radius 2 is 1.85 bits per heavy atom. The normalized spacial score (nSPS) is 25.0. The molecule has 13 heteroatoms. The molecule has 6 amide bonds. The number of unbranched alkanes of at least 4 members (excludes halogenated alkanes) is 2. The topological polar surface area (TPSA) is 198 Å². The number of thioether (sulfide) groups is 1. The van der Waals surface area contributed by atoms with Crippen LogP contribution in [0.3, 0.4) is 0 Å². The molecule has 192 valence electrons. The van der Waals surface area contributed by atoms with E-state index < -0.39 is 12.1 Å². The van der Waals surface area contributed by atoms with Gasteiger partial charge in [0.2, 0.25) is 11.8 Å². The zero-order chi connectivity index (χ0) is 24.6. The van der Waals surface area contributed by atoms with Crippen molar-refractivity contribution in [2.24, 2.45) is 5.73 Å². The lowest BCUT2D eigenvalue weighted by molar-refractivity contribution is -0.123. The van der Waals surface area contributed by atoms with Crippen LogP contribution in [0, 0.1) is 0 Å². The summed E-state index contributed by atoms with van der Waals surface area (Å²) >= 11 is 1.88. The minimum Gasteiger partial charge on any atom is -0.356 e. The molecule has 3 aliphatic rings. The molecule has 0 saturated carbocycles. The van der Waals surface area contributed by atoms with E-state index in [1.165, 1.54) is 0 Å². The molecular weight excluding hydrogens is 460 g/mol. The highest BCUT2D eigenvalue weighted by atomic mass is 32.2. The lowest BCUT2D eigenvalue weighted by Gasteiger charge is -2.18. The Bertz CT molecular complexity index is 750. The minimum atomic E-state index is -0.732. The van der Waals surface area contributed by atoms with E-state index >= 15 is 0 Å². The summed E-state index contributed by atoms with van der Waals surface area (Å²) in [6.45, 7) is 3.04. The van der Waals surface area contributed by atoms with Crippen LogP contribution in [-0.2, 0) is 9.59 Å². The van der Waals surface area contributed by atoms with Gasteiger partial charge >= 0.3 is 12.1 Å². The van der Waals surface area contributed by atoms with Crippen LogP contribution in [0.4, 0.5) is 9.59 Å². The van der Waals surface area contributed by atoms with Crippen LogP contribution in [0.1, 0.15) is 58.3 Å². The Morgan fingerprint density at radius 3 is 2.59 bits per heavy atom. The van der Waals surface area contributed by atoms with Crippen molar-refractivity contribution in [2.75, 3.05) is 18.8 Å². The summed E-state index contributed by atoms with van der Waals surface area (Å²) in [5, 5.41) is 14.6. The summed E-state index contributed by atoms with van der Waals surface area (Å²) in [5.74, 6) is 0.686. The van der Waals surface area contributed by atoms with Crippen molar-refractivity contribution in [3.05, 3.63) is 0 Å². The number of carbonyl (C=O) groups is 4. The average molecular weight is 499 g/mol. The number of fused-ring (bicyclic) bond motifs is 1. The third kappa shape index (κ3) is 8.51. The maximum Gasteiger partial charge on any atom is 0.315 e. The van der Waals surface area contributed by atoms with E-state index in [0.29, 0.717) is 44.0 Å². The fourth-order valence-corrected chi connectivity index (χ4v) is 5.82. The predicted molar refractivity (Wildman–Crippen MR) is 130 cm³/mol. The molecule has 0 aromatic carbocycles. The van der Waals surface area contributed by atoms with Gasteiger partial charge in [-0.3, -0.25) is 9.59 Å². The van der Waals surface area contributed by atoms with Gasteiger partial charge in [-0.2, -0.15) is 11.8 Å². The van der Waals surface area contributed by atoms with Gasteiger partial charge in [0, 0.05) is 30.5 Å². The van der Waals surface area contributed by atoms with Gasteiger partial charge in [0.25, 0.3) is 0 Å². The first-order chi connectivity index (χ1) is 16.3. The van der Waals surface area contributed by atoms with Crippen LogP contribution in [-0.4, -0.2) is 71.8 Å². The Morgan fingerprint density at radius 1 is 1.12 bits per heavy atom. The Kier molecular flexibility index (Phi) is 9.65. The Hall–Kier alpha value is -2.25. The van der Waals surface area contributed by atoms with E-state index in [1.54, 1.807) is 0 Å². The molecule has 4 atom stereocenters. The van der Waals surface area contributed by atoms with Gasteiger partial charge in [-0.05, 0) is 45.4 Å². The van der Waals surface area contributed by atoms with Gasteiger partial charge in [0.05, 0.1) is 17.7 Å². The number of urea groups is 2. The molecule has 3 aliphatic heterocycles. The van der Waals surface area contributed by atoms with E-state index in [9.17, 15) is 19.2 Å². The molecule has 3 saturated heterocycles. The lowest BCUT2D eigenvalue weighted by Crippen LogP contribution is -2.48. The molecule has 3 fully saturated rings. The number of nitrogens with one attached hydrogen (secondary N) is 7. The standard InChI is InChI=1S/C21H38N8O4S/c1-21(28-29-21)9-8-16(30)23-10-4-2-6-13(25-19(22)32)18(31)24-11-5-3-7-15-17-14(12-34-15)26-20(33)27-17/h13-15,17,28-29H,2-12H2,1H3,(H,23,30)(H,24,31)(H3,22,25,32)(H2,26,27,33). The van der Waals surface area contributed by atoms with E-state index in [4.69, 9.17) is 5.73 Å². The number of carbonyl (C=O) groups excluding carboxylic acids is 4. The maximum atomic E-state index is 12.5. The molecule has 0 aliphatic carbocycles. The highest BCUT2D eigenvalue weighted by Gasteiger charge is 2.42. The third-order valence-electron chi connectivity index (χ3n) is 6.43. The van der Waals surface area contributed by atoms with Crippen LogP contribution in [0.2, 0.25) is 0 Å². The van der Waals surface area contributed by atoms with Crippen LogP contribution >= 0.6 is 11.8 Å². The number of nitrogens with two attached hydrogens (primary N) is 1. The second kappa shape index (κ2) is 12.5. The van der Waals surface area contributed by atoms with Gasteiger partial charge < -0.3 is 32.3 Å². The number of hydrogen-bond donors (Lipinski definition) is 8. The molecule has 4 unspecified atom stereocenters. The summed E-state index contributed by atoms with van der Waals surface area (Å²) in [4.78, 5) is 47.2. The first-order valence-electron chi connectivity index (χ1n) is 12.1. The third-order valence-corrected chi connectivity index (χ3v) is 7.94. The molecule has 0 aromatic rings. The van der Waals surface area contributed by atoms with Crippen molar-refractivity contribution in [3.8, 4) is 0 Å². The number of amides is 6. The van der Waals surface area contributed by atoms with Crippen molar-refractivity contribution in [2.45, 2.75) is 87.3 Å². The molecule has 0 aromatic heterocycles. The quantitative estimate of drug-likeness (QED) is 0.0834. The smallest absolute Gasteiger partial charge is 0.315 e. The van der Waals surface area contributed by atoms with Gasteiger partial charge in [-0.25, -0.2) is 20.4 Å². The molecule has 0 bridgehead atoms. The van der Waals surface area contributed by atoms with Crippen LogP contribution in [0.15, 0.2) is 0 Å². The number of hydrogen-bond acceptors (Lipinski definition) is 7. The van der Waals surface area contributed by atoms with Crippen molar-refractivity contribution in [1.82, 2.24) is 37.4 Å². The summed E-state index contributed by atoms with van der Waals surface area (Å²) in [7, 11) is 0.